The molecule has 0 radical (unpaired) electrons. The van der Waals surface area contributed by atoms with Crippen molar-refractivity contribution < 1.29 is 4.39 Å². The zero-order valence-electron chi connectivity index (χ0n) is 6.96. The highest BCUT2D eigenvalue weighted by atomic mass is 127. The summed E-state index contributed by atoms with van der Waals surface area (Å²) in [5.41, 5.74) is 6.02. The van der Waals surface area contributed by atoms with Crippen molar-refractivity contribution in [3.63, 3.8) is 0 Å². The third-order valence-electron chi connectivity index (χ3n) is 1.69. The van der Waals surface area contributed by atoms with Crippen molar-refractivity contribution in [2.24, 2.45) is 0 Å². The Morgan fingerprint density at radius 1 is 1.43 bits per heavy atom. The number of nitrogens with one attached hydrogen (secondary N) is 1. The van der Waals surface area contributed by atoms with E-state index >= 15 is 0 Å². The summed E-state index contributed by atoms with van der Waals surface area (Å²) in [5.74, 6) is 0.321. The number of anilines is 1. The van der Waals surface area contributed by atoms with Gasteiger partial charge in [0.2, 0.25) is 5.95 Å². The van der Waals surface area contributed by atoms with Crippen LogP contribution < -0.4 is 5.73 Å². The van der Waals surface area contributed by atoms with Gasteiger partial charge >= 0.3 is 0 Å². The molecule has 0 aliphatic carbocycles. The molecule has 0 bridgehead atoms. The van der Waals surface area contributed by atoms with Crippen LogP contribution in [0.1, 0.15) is 0 Å². The fourth-order valence-corrected chi connectivity index (χ4v) is 1.67. The van der Waals surface area contributed by atoms with Gasteiger partial charge in [-0.25, -0.2) is 4.39 Å². The summed E-state index contributed by atoms with van der Waals surface area (Å²) in [6.07, 6.45) is 0. The molecule has 4 nitrogen and oxygen atoms in total. The van der Waals surface area contributed by atoms with Gasteiger partial charge in [-0.05, 0) is 40.8 Å². The number of aromatic nitrogens is 3. The average Bonchev–Trinajstić information content (AvgIpc) is 2.56. The molecule has 1 heterocycles. The van der Waals surface area contributed by atoms with Crippen molar-refractivity contribution in [1.82, 2.24) is 15.2 Å². The van der Waals surface area contributed by atoms with Gasteiger partial charge in [-0.15, -0.1) is 5.10 Å². The highest BCUT2D eigenvalue weighted by molar-refractivity contribution is 14.1. The maximum absolute atomic E-state index is 12.9. The van der Waals surface area contributed by atoms with Crippen molar-refractivity contribution in [1.29, 1.82) is 0 Å². The second-order valence-electron chi connectivity index (χ2n) is 2.67. The van der Waals surface area contributed by atoms with E-state index in [0.717, 1.165) is 3.57 Å². The smallest absolute Gasteiger partial charge is 0.239 e. The Balaban J connectivity index is 2.55. The predicted octanol–water partition coefficient (Wildman–Crippen LogP) is 1.80. The lowest BCUT2D eigenvalue weighted by Crippen LogP contribution is -1.88. The third kappa shape index (κ3) is 1.69. The van der Waals surface area contributed by atoms with Gasteiger partial charge in [0.25, 0.3) is 0 Å². The van der Waals surface area contributed by atoms with Crippen LogP contribution in [0.4, 0.5) is 10.3 Å². The van der Waals surface area contributed by atoms with Gasteiger partial charge < -0.3 is 5.73 Å². The number of rotatable bonds is 1. The van der Waals surface area contributed by atoms with Crippen LogP contribution >= 0.6 is 22.6 Å². The molecule has 0 amide bonds. The molecule has 0 saturated heterocycles. The fourth-order valence-electron chi connectivity index (χ4n) is 1.07. The molecule has 1 aromatic heterocycles. The van der Waals surface area contributed by atoms with E-state index < -0.39 is 0 Å². The summed E-state index contributed by atoms with van der Waals surface area (Å²) >= 11 is 2.09. The highest BCUT2D eigenvalue weighted by Crippen LogP contribution is 2.23. The lowest BCUT2D eigenvalue weighted by atomic mass is 10.2. The van der Waals surface area contributed by atoms with Crippen LogP contribution in [-0.4, -0.2) is 15.2 Å². The summed E-state index contributed by atoms with van der Waals surface area (Å²) in [7, 11) is 0. The molecule has 0 spiro atoms. The minimum absolute atomic E-state index is 0.153. The first kappa shape index (κ1) is 9.38. The van der Waals surface area contributed by atoms with E-state index in [4.69, 9.17) is 5.73 Å². The SMILES string of the molecule is Nc1n[nH]c(-c2cc(F)ccc2I)n1. The molecule has 14 heavy (non-hydrogen) atoms. The zero-order valence-corrected chi connectivity index (χ0v) is 9.12. The van der Waals surface area contributed by atoms with Gasteiger partial charge in [-0.3, -0.25) is 5.10 Å². The van der Waals surface area contributed by atoms with Crippen molar-refractivity contribution in [3.05, 3.63) is 27.6 Å². The van der Waals surface area contributed by atoms with Crippen LogP contribution in [0.25, 0.3) is 11.4 Å². The molecule has 1 aromatic carbocycles. The quantitative estimate of drug-likeness (QED) is 0.789. The fraction of sp³-hybridized carbons (Fsp3) is 0. The maximum atomic E-state index is 12.9. The van der Waals surface area contributed by atoms with Crippen LogP contribution in [0.15, 0.2) is 18.2 Å². The first-order valence-electron chi connectivity index (χ1n) is 3.80. The number of hydrogen-bond acceptors (Lipinski definition) is 3. The van der Waals surface area contributed by atoms with Crippen LogP contribution in [-0.2, 0) is 0 Å². The van der Waals surface area contributed by atoms with Gasteiger partial charge in [0.05, 0.1) is 0 Å². The number of halogens is 2. The molecule has 0 fully saturated rings. The van der Waals surface area contributed by atoms with Crippen LogP contribution in [0.3, 0.4) is 0 Å². The molecule has 2 rings (SSSR count). The van der Waals surface area contributed by atoms with E-state index in [9.17, 15) is 4.39 Å². The average molecular weight is 304 g/mol. The maximum Gasteiger partial charge on any atom is 0.239 e. The number of nitrogen functional groups attached to an aromatic ring is 1. The number of nitrogens with zero attached hydrogens (tertiary/aromatic N) is 2. The minimum Gasteiger partial charge on any atom is -0.366 e. The van der Waals surface area contributed by atoms with Gasteiger partial charge in [-0.2, -0.15) is 4.98 Å². The molecule has 0 unspecified atom stereocenters. The Morgan fingerprint density at radius 3 is 2.86 bits per heavy atom. The second-order valence-corrected chi connectivity index (χ2v) is 3.83. The number of aromatic amines is 1. The Labute approximate surface area is 92.9 Å². The minimum atomic E-state index is -0.310. The summed E-state index contributed by atoms with van der Waals surface area (Å²) in [4.78, 5) is 3.92. The van der Waals surface area contributed by atoms with Crippen molar-refractivity contribution in [2.45, 2.75) is 0 Å². The molecule has 0 atom stereocenters. The van der Waals surface area contributed by atoms with Crippen LogP contribution in [0.2, 0.25) is 0 Å². The molecule has 0 saturated carbocycles. The molecule has 3 N–H and O–H groups in total. The summed E-state index contributed by atoms with van der Waals surface area (Å²) in [6, 6.07) is 4.46. The van der Waals surface area contributed by atoms with Gasteiger partial charge in [0.15, 0.2) is 5.82 Å². The molecule has 2 aromatic rings. The topological polar surface area (TPSA) is 67.6 Å². The summed E-state index contributed by atoms with van der Waals surface area (Å²) < 4.78 is 13.8. The summed E-state index contributed by atoms with van der Waals surface area (Å²) in [5, 5.41) is 6.31. The zero-order chi connectivity index (χ0) is 10.1. The van der Waals surface area contributed by atoms with Gasteiger partial charge in [-0.1, -0.05) is 0 Å². The van der Waals surface area contributed by atoms with E-state index in [1.54, 1.807) is 6.07 Å². The summed E-state index contributed by atoms with van der Waals surface area (Å²) in [6.45, 7) is 0. The van der Waals surface area contributed by atoms with Gasteiger partial charge in [0, 0.05) is 9.13 Å². The Morgan fingerprint density at radius 2 is 2.21 bits per heavy atom. The largest absolute Gasteiger partial charge is 0.366 e. The van der Waals surface area contributed by atoms with Crippen molar-refractivity contribution >= 4 is 28.5 Å². The van der Waals surface area contributed by atoms with E-state index in [0.29, 0.717) is 11.4 Å². The first-order valence-corrected chi connectivity index (χ1v) is 4.88. The monoisotopic (exact) mass is 304 g/mol. The van der Waals surface area contributed by atoms with E-state index in [-0.39, 0.29) is 11.8 Å². The Kier molecular flexibility index (Phi) is 2.36. The lowest BCUT2D eigenvalue weighted by Gasteiger charge is -1.99. The number of hydrogen-bond donors (Lipinski definition) is 2. The third-order valence-corrected chi connectivity index (χ3v) is 2.63. The predicted molar refractivity (Wildman–Crippen MR) is 58.9 cm³/mol. The van der Waals surface area contributed by atoms with E-state index in [1.807, 2.05) is 0 Å². The number of H-pyrrole nitrogens is 1. The second kappa shape index (κ2) is 3.52. The van der Waals surface area contributed by atoms with E-state index in [1.165, 1.54) is 12.1 Å². The Bertz CT molecular complexity index is 468. The highest BCUT2D eigenvalue weighted by Gasteiger charge is 2.08. The van der Waals surface area contributed by atoms with Crippen LogP contribution in [0, 0.1) is 9.39 Å². The van der Waals surface area contributed by atoms with Crippen LogP contribution in [0.5, 0.6) is 0 Å². The normalized spacial score (nSPS) is 10.4. The molecule has 72 valence electrons. The van der Waals surface area contributed by atoms with Crippen molar-refractivity contribution in [3.8, 4) is 11.4 Å². The molecular weight excluding hydrogens is 298 g/mol. The Hall–Kier alpha value is -1.18. The first-order chi connectivity index (χ1) is 6.66. The molecule has 0 aliphatic rings. The van der Waals surface area contributed by atoms with Crippen molar-refractivity contribution in [2.75, 3.05) is 5.73 Å². The standard InChI is InChI=1S/C8H6FIN4/c9-4-1-2-6(10)5(3-4)7-12-8(11)14-13-7/h1-3H,(H3,11,12,13,14). The van der Waals surface area contributed by atoms with E-state index in [2.05, 4.69) is 37.8 Å². The van der Waals surface area contributed by atoms with Gasteiger partial charge in [0.1, 0.15) is 5.82 Å². The number of nitrogens with two attached hydrogens (primary N) is 1. The number of benzene rings is 1. The molecular formula is C8H6FIN4. The lowest BCUT2D eigenvalue weighted by molar-refractivity contribution is 0.628. The molecule has 0 aliphatic heterocycles. The molecule has 6 heteroatoms.